The van der Waals surface area contributed by atoms with Gasteiger partial charge in [0.05, 0.1) is 11.1 Å². The van der Waals surface area contributed by atoms with Gasteiger partial charge < -0.3 is 19.9 Å². The van der Waals surface area contributed by atoms with Gasteiger partial charge in [0.2, 0.25) is 0 Å². The molecule has 0 fully saturated rings. The summed E-state index contributed by atoms with van der Waals surface area (Å²) in [5.41, 5.74) is 7.19. The highest BCUT2D eigenvalue weighted by atomic mass is 79.9. The molecule has 0 spiro atoms. The van der Waals surface area contributed by atoms with E-state index in [0.29, 0.717) is 19.8 Å². The smallest absolute Gasteiger partial charge is 0.133 e. The molecule has 0 aliphatic heterocycles. The molecule has 120 valence electrons. The van der Waals surface area contributed by atoms with E-state index in [4.69, 9.17) is 19.9 Å². The van der Waals surface area contributed by atoms with Crippen LogP contribution in [0.25, 0.3) is 0 Å². The van der Waals surface area contributed by atoms with Crippen molar-refractivity contribution in [2.24, 2.45) is 5.73 Å². The van der Waals surface area contributed by atoms with Gasteiger partial charge in [0.15, 0.2) is 0 Å². The van der Waals surface area contributed by atoms with Crippen LogP contribution in [0.3, 0.4) is 0 Å². The third-order valence-electron chi connectivity index (χ3n) is 3.14. The Labute approximate surface area is 136 Å². The maximum absolute atomic E-state index is 5.97. The highest BCUT2D eigenvalue weighted by Crippen LogP contribution is 2.26. The van der Waals surface area contributed by atoms with Crippen molar-refractivity contribution in [1.82, 2.24) is 0 Å². The van der Waals surface area contributed by atoms with Gasteiger partial charge in [0.25, 0.3) is 0 Å². The fourth-order valence-electron chi connectivity index (χ4n) is 1.85. The summed E-state index contributed by atoms with van der Waals surface area (Å²) in [6.45, 7) is 4.65. The number of hydrogen-bond donors (Lipinski definition) is 1. The molecule has 1 unspecified atom stereocenters. The highest BCUT2D eigenvalue weighted by molar-refractivity contribution is 9.10. The van der Waals surface area contributed by atoms with E-state index in [1.54, 1.807) is 7.11 Å². The first-order valence-corrected chi connectivity index (χ1v) is 8.20. The largest absolute Gasteiger partial charge is 0.490 e. The Bertz CT molecular complexity index is 401. The number of nitrogens with two attached hydrogens (primary N) is 1. The Hall–Kier alpha value is -0.620. The molecule has 4 nitrogen and oxygen atoms in total. The van der Waals surface area contributed by atoms with Crippen molar-refractivity contribution in [3.63, 3.8) is 0 Å². The molecule has 0 bridgehead atoms. The van der Waals surface area contributed by atoms with Crippen LogP contribution >= 0.6 is 15.9 Å². The average molecular weight is 360 g/mol. The summed E-state index contributed by atoms with van der Waals surface area (Å²) in [5, 5.41) is 0. The van der Waals surface area contributed by atoms with E-state index in [1.165, 1.54) is 5.56 Å². The minimum Gasteiger partial charge on any atom is -0.490 e. The predicted octanol–water partition coefficient (Wildman–Crippen LogP) is 3.16. The van der Waals surface area contributed by atoms with Crippen LogP contribution in [0.15, 0.2) is 22.7 Å². The Morgan fingerprint density at radius 2 is 2.00 bits per heavy atom. The maximum Gasteiger partial charge on any atom is 0.133 e. The zero-order valence-electron chi connectivity index (χ0n) is 12.9. The molecule has 0 saturated carbocycles. The lowest BCUT2D eigenvalue weighted by molar-refractivity contribution is 0.0805. The van der Waals surface area contributed by atoms with Gasteiger partial charge in [-0.1, -0.05) is 13.0 Å². The van der Waals surface area contributed by atoms with E-state index in [-0.39, 0.29) is 6.04 Å². The van der Waals surface area contributed by atoms with Crippen LogP contribution in [0.5, 0.6) is 5.75 Å². The van der Waals surface area contributed by atoms with Crippen LogP contribution in [0, 0.1) is 0 Å². The maximum atomic E-state index is 5.97. The van der Waals surface area contributed by atoms with Crippen molar-refractivity contribution >= 4 is 15.9 Å². The summed E-state index contributed by atoms with van der Waals surface area (Å²) in [7, 11) is 1.69. The molecule has 0 saturated heterocycles. The number of hydrogen-bond acceptors (Lipinski definition) is 4. The minimum absolute atomic E-state index is 0.212. The number of halogens is 1. The lowest BCUT2D eigenvalue weighted by Gasteiger charge is -2.12. The van der Waals surface area contributed by atoms with Crippen LogP contribution in [-0.2, 0) is 15.9 Å². The Balaban J connectivity index is 2.29. The molecule has 1 atom stereocenters. The minimum atomic E-state index is 0.212. The summed E-state index contributed by atoms with van der Waals surface area (Å²) in [5.74, 6) is 0.837. The molecule has 1 rings (SSSR count). The molecule has 5 heteroatoms. The lowest BCUT2D eigenvalue weighted by Crippen LogP contribution is -2.21. The van der Waals surface area contributed by atoms with E-state index in [1.807, 2.05) is 6.07 Å². The van der Waals surface area contributed by atoms with Crippen LogP contribution < -0.4 is 10.5 Å². The quantitative estimate of drug-likeness (QED) is 0.616. The normalized spacial score (nSPS) is 12.4. The molecular formula is C16H26BrNO3. The van der Waals surface area contributed by atoms with Crippen LogP contribution in [0.4, 0.5) is 0 Å². The van der Waals surface area contributed by atoms with Crippen molar-refractivity contribution in [1.29, 1.82) is 0 Å². The van der Waals surface area contributed by atoms with Crippen LogP contribution in [0.1, 0.15) is 25.3 Å². The fraction of sp³-hybridized carbons (Fsp3) is 0.625. The second kappa shape index (κ2) is 11.0. The van der Waals surface area contributed by atoms with Gasteiger partial charge in [-0.3, -0.25) is 0 Å². The van der Waals surface area contributed by atoms with E-state index >= 15 is 0 Å². The molecule has 21 heavy (non-hydrogen) atoms. The van der Waals surface area contributed by atoms with Gasteiger partial charge >= 0.3 is 0 Å². The average Bonchev–Trinajstić information content (AvgIpc) is 2.48. The van der Waals surface area contributed by atoms with Crippen LogP contribution in [0.2, 0.25) is 0 Å². The highest BCUT2D eigenvalue weighted by Gasteiger charge is 2.06. The van der Waals surface area contributed by atoms with E-state index in [2.05, 4.69) is 35.0 Å². The molecule has 0 aliphatic carbocycles. The van der Waals surface area contributed by atoms with E-state index < -0.39 is 0 Å². The summed E-state index contributed by atoms with van der Waals surface area (Å²) in [6.07, 6.45) is 2.78. The number of rotatable bonds is 11. The number of ether oxygens (including phenoxy) is 3. The Kier molecular flexibility index (Phi) is 9.67. The summed E-state index contributed by atoms with van der Waals surface area (Å²) in [4.78, 5) is 0. The zero-order chi connectivity index (χ0) is 15.5. The van der Waals surface area contributed by atoms with Gasteiger partial charge in [-0.05, 0) is 52.9 Å². The second-order valence-electron chi connectivity index (χ2n) is 4.94. The first kappa shape index (κ1) is 18.4. The fourth-order valence-corrected chi connectivity index (χ4v) is 2.39. The molecule has 0 aromatic heterocycles. The molecule has 0 amide bonds. The van der Waals surface area contributed by atoms with Gasteiger partial charge in [-0.25, -0.2) is 0 Å². The zero-order valence-corrected chi connectivity index (χ0v) is 14.5. The SMILES string of the molecule is CCC(N)Cc1ccc(OCCOCCCOC)c(Br)c1. The standard InChI is InChI=1S/C16H26BrNO3/c1-3-14(18)11-13-5-6-16(15(17)12-13)21-10-9-20-8-4-7-19-2/h5-6,12,14H,3-4,7-11,18H2,1-2H3. The van der Waals surface area contributed by atoms with Crippen LogP contribution in [-0.4, -0.2) is 39.6 Å². The van der Waals surface area contributed by atoms with Crippen molar-refractivity contribution in [3.8, 4) is 5.75 Å². The number of benzene rings is 1. The first-order chi connectivity index (χ1) is 10.2. The predicted molar refractivity (Wildman–Crippen MR) is 88.9 cm³/mol. The van der Waals surface area contributed by atoms with E-state index in [0.717, 1.165) is 36.1 Å². The number of methoxy groups -OCH3 is 1. The third-order valence-corrected chi connectivity index (χ3v) is 3.76. The van der Waals surface area contributed by atoms with Gasteiger partial charge in [0, 0.05) is 26.4 Å². The van der Waals surface area contributed by atoms with Gasteiger partial charge in [-0.2, -0.15) is 0 Å². The Morgan fingerprint density at radius 1 is 1.19 bits per heavy atom. The van der Waals surface area contributed by atoms with Gasteiger partial charge in [-0.15, -0.1) is 0 Å². The molecule has 1 aromatic rings. The van der Waals surface area contributed by atoms with E-state index in [9.17, 15) is 0 Å². The molecule has 1 aromatic carbocycles. The van der Waals surface area contributed by atoms with Crippen molar-refractivity contribution in [2.75, 3.05) is 33.5 Å². The molecule has 0 heterocycles. The Morgan fingerprint density at radius 3 is 2.67 bits per heavy atom. The van der Waals surface area contributed by atoms with Crippen molar-refractivity contribution in [2.45, 2.75) is 32.2 Å². The third kappa shape index (κ3) is 7.81. The molecule has 0 aliphatic rings. The summed E-state index contributed by atoms with van der Waals surface area (Å²) in [6, 6.07) is 6.33. The van der Waals surface area contributed by atoms with Crippen molar-refractivity contribution in [3.05, 3.63) is 28.2 Å². The monoisotopic (exact) mass is 359 g/mol. The summed E-state index contributed by atoms with van der Waals surface area (Å²) >= 11 is 3.54. The first-order valence-electron chi connectivity index (χ1n) is 7.40. The summed E-state index contributed by atoms with van der Waals surface area (Å²) < 4.78 is 17.1. The lowest BCUT2D eigenvalue weighted by atomic mass is 10.0. The molecule has 0 radical (unpaired) electrons. The molecular weight excluding hydrogens is 334 g/mol. The topological polar surface area (TPSA) is 53.7 Å². The van der Waals surface area contributed by atoms with Gasteiger partial charge in [0.1, 0.15) is 12.4 Å². The second-order valence-corrected chi connectivity index (χ2v) is 5.80. The van der Waals surface area contributed by atoms with Crippen molar-refractivity contribution < 1.29 is 14.2 Å². The molecule has 2 N–H and O–H groups in total.